The van der Waals surface area contributed by atoms with E-state index in [-0.39, 0.29) is 11.7 Å². The molecule has 5 rings (SSSR count). The number of amides is 1. The lowest BCUT2D eigenvalue weighted by Gasteiger charge is -2.17. The molecule has 0 bridgehead atoms. The van der Waals surface area contributed by atoms with Gasteiger partial charge in [0, 0.05) is 35.1 Å². The lowest BCUT2D eigenvalue weighted by Crippen LogP contribution is -2.18. The van der Waals surface area contributed by atoms with Crippen molar-refractivity contribution in [2.75, 3.05) is 29.1 Å². The Morgan fingerprint density at radius 1 is 1.03 bits per heavy atom. The van der Waals surface area contributed by atoms with E-state index in [1.807, 2.05) is 53.1 Å². The van der Waals surface area contributed by atoms with Gasteiger partial charge >= 0.3 is 0 Å². The number of hydrogen-bond acceptors (Lipinski definition) is 6. The van der Waals surface area contributed by atoms with Crippen molar-refractivity contribution in [1.82, 2.24) is 14.8 Å². The summed E-state index contributed by atoms with van der Waals surface area (Å²) in [6, 6.07) is 19.2. The number of furan rings is 1. The number of benzene rings is 2. The summed E-state index contributed by atoms with van der Waals surface area (Å²) in [5.74, 6) is 1.58. The number of hydrogen-bond donors (Lipinski definition) is 1. The molecule has 0 saturated carbocycles. The lowest BCUT2D eigenvalue weighted by molar-refractivity contribution is -0.113. The Morgan fingerprint density at radius 2 is 1.79 bits per heavy atom. The van der Waals surface area contributed by atoms with E-state index >= 15 is 0 Å². The van der Waals surface area contributed by atoms with Crippen LogP contribution in [0.4, 0.5) is 11.4 Å². The first-order valence-electron chi connectivity index (χ1n) is 11.1. The molecular formula is C25H24ClN5O2S. The summed E-state index contributed by atoms with van der Waals surface area (Å²) in [7, 11) is 0. The number of nitrogens with zero attached hydrogens (tertiary/aromatic N) is 4. The number of anilines is 2. The molecule has 1 N–H and O–H groups in total. The molecule has 1 aliphatic rings. The molecule has 1 amide bonds. The third-order valence-corrected chi connectivity index (χ3v) is 6.89. The van der Waals surface area contributed by atoms with Gasteiger partial charge in [0.2, 0.25) is 5.91 Å². The number of carbonyl (C=O) groups is 1. The maximum atomic E-state index is 12.6. The summed E-state index contributed by atoms with van der Waals surface area (Å²) in [5, 5.41) is 13.0. The minimum Gasteiger partial charge on any atom is -0.467 e. The fourth-order valence-corrected chi connectivity index (χ4v) is 4.83. The van der Waals surface area contributed by atoms with E-state index in [1.165, 1.54) is 30.3 Å². The van der Waals surface area contributed by atoms with Crippen LogP contribution < -0.4 is 10.2 Å². The predicted molar refractivity (Wildman–Crippen MR) is 136 cm³/mol. The van der Waals surface area contributed by atoms with Crippen molar-refractivity contribution < 1.29 is 9.21 Å². The first kappa shape index (κ1) is 22.6. The molecule has 7 nitrogen and oxygen atoms in total. The molecule has 0 aliphatic carbocycles. The molecule has 0 atom stereocenters. The summed E-state index contributed by atoms with van der Waals surface area (Å²) in [4.78, 5) is 15.0. The van der Waals surface area contributed by atoms with Gasteiger partial charge in [-0.15, -0.1) is 10.2 Å². The standard InChI is InChI=1S/C25H24ClN5O2S/c26-19-7-5-18(6-8-19)24-28-29-25(31(24)16-22-4-3-15-33-22)34-17-23(32)27-20-9-11-21(12-10-20)30-13-1-2-14-30/h3-12,15H,1-2,13-14,16-17H2,(H,27,32). The van der Waals surface area contributed by atoms with Crippen LogP contribution in [0.2, 0.25) is 5.02 Å². The van der Waals surface area contributed by atoms with Gasteiger partial charge in [0.05, 0.1) is 18.6 Å². The van der Waals surface area contributed by atoms with Crippen molar-refractivity contribution in [1.29, 1.82) is 0 Å². The van der Waals surface area contributed by atoms with Gasteiger partial charge in [0.15, 0.2) is 11.0 Å². The Morgan fingerprint density at radius 3 is 2.50 bits per heavy atom. The summed E-state index contributed by atoms with van der Waals surface area (Å²) in [6.45, 7) is 2.65. The zero-order valence-electron chi connectivity index (χ0n) is 18.5. The van der Waals surface area contributed by atoms with E-state index in [9.17, 15) is 4.79 Å². The van der Waals surface area contributed by atoms with E-state index in [4.69, 9.17) is 16.0 Å². The van der Waals surface area contributed by atoms with Crippen molar-refractivity contribution in [2.45, 2.75) is 24.5 Å². The van der Waals surface area contributed by atoms with Gasteiger partial charge < -0.3 is 14.6 Å². The predicted octanol–water partition coefficient (Wildman–Crippen LogP) is 5.57. The normalized spacial score (nSPS) is 13.4. The average Bonchev–Trinajstić information content (AvgIpc) is 3.62. The van der Waals surface area contributed by atoms with Crippen molar-refractivity contribution in [3.8, 4) is 11.4 Å². The molecule has 4 aromatic rings. The number of nitrogens with one attached hydrogen (secondary N) is 1. The first-order valence-corrected chi connectivity index (χ1v) is 12.5. The second-order valence-corrected chi connectivity index (χ2v) is 9.44. The zero-order valence-corrected chi connectivity index (χ0v) is 20.1. The molecule has 9 heteroatoms. The van der Waals surface area contributed by atoms with Gasteiger partial charge in [-0.2, -0.15) is 0 Å². The zero-order chi connectivity index (χ0) is 23.3. The van der Waals surface area contributed by atoms with E-state index in [2.05, 4.69) is 32.5 Å². The second kappa shape index (κ2) is 10.4. The molecule has 0 spiro atoms. The number of halogens is 1. The van der Waals surface area contributed by atoms with Gasteiger partial charge in [-0.05, 0) is 73.5 Å². The smallest absolute Gasteiger partial charge is 0.234 e. The van der Waals surface area contributed by atoms with Crippen molar-refractivity contribution in [2.24, 2.45) is 0 Å². The van der Waals surface area contributed by atoms with Crippen LogP contribution in [-0.4, -0.2) is 39.5 Å². The highest BCUT2D eigenvalue weighted by atomic mass is 35.5. The lowest BCUT2D eigenvalue weighted by atomic mass is 10.2. The number of rotatable bonds is 8. The van der Waals surface area contributed by atoms with Crippen molar-refractivity contribution in [3.05, 3.63) is 77.7 Å². The SMILES string of the molecule is O=C(CSc1nnc(-c2ccc(Cl)cc2)n1Cc1ccco1)Nc1ccc(N2CCCC2)cc1. The highest BCUT2D eigenvalue weighted by Crippen LogP contribution is 2.27. The van der Waals surface area contributed by atoms with Gasteiger partial charge in [-0.3, -0.25) is 9.36 Å². The second-order valence-electron chi connectivity index (χ2n) is 8.06. The van der Waals surface area contributed by atoms with Crippen LogP contribution in [0.15, 0.2) is 76.5 Å². The highest BCUT2D eigenvalue weighted by molar-refractivity contribution is 7.99. The van der Waals surface area contributed by atoms with E-state index in [1.54, 1.807) is 6.26 Å². The van der Waals surface area contributed by atoms with Crippen LogP contribution in [0, 0.1) is 0 Å². The fraction of sp³-hybridized carbons (Fsp3) is 0.240. The van der Waals surface area contributed by atoms with Crippen LogP contribution in [0.1, 0.15) is 18.6 Å². The highest BCUT2D eigenvalue weighted by Gasteiger charge is 2.17. The minimum absolute atomic E-state index is 0.0977. The van der Waals surface area contributed by atoms with Crippen LogP contribution >= 0.6 is 23.4 Å². The van der Waals surface area contributed by atoms with Crippen LogP contribution in [0.25, 0.3) is 11.4 Å². The van der Waals surface area contributed by atoms with E-state index < -0.39 is 0 Å². The molecule has 174 valence electrons. The van der Waals surface area contributed by atoms with Gasteiger partial charge in [0.1, 0.15) is 5.76 Å². The number of thioether (sulfide) groups is 1. The Hall–Kier alpha value is -3.23. The number of carbonyl (C=O) groups excluding carboxylic acids is 1. The third-order valence-electron chi connectivity index (χ3n) is 5.67. The van der Waals surface area contributed by atoms with Gasteiger partial charge in [0.25, 0.3) is 0 Å². The summed E-state index contributed by atoms with van der Waals surface area (Å²) < 4.78 is 7.48. The molecule has 2 aromatic carbocycles. The Labute approximate surface area is 207 Å². The average molecular weight is 494 g/mol. The topological polar surface area (TPSA) is 76.2 Å². The molecule has 2 aromatic heterocycles. The van der Waals surface area contributed by atoms with Gasteiger partial charge in [-0.1, -0.05) is 23.4 Å². The molecule has 1 fully saturated rings. The molecule has 34 heavy (non-hydrogen) atoms. The summed E-state index contributed by atoms with van der Waals surface area (Å²) >= 11 is 7.38. The van der Waals surface area contributed by atoms with Crippen LogP contribution in [0.3, 0.4) is 0 Å². The Bertz CT molecular complexity index is 1230. The van der Waals surface area contributed by atoms with Crippen molar-refractivity contribution in [3.63, 3.8) is 0 Å². The Kier molecular flexibility index (Phi) is 6.87. The molecule has 0 unspecified atom stereocenters. The first-order chi connectivity index (χ1) is 16.7. The van der Waals surface area contributed by atoms with Gasteiger partial charge in [-0.25, -0.2) is 0 Å². The maximum Gasteiger partial charge on any atom is 0.234 e. The summed E-state index contributed by atoms with van der Waals surface area (Å²) in [6.07, 6.45) is 4.11. The van der Waals surface area contributed by atoms with Crippen molar-refractivity contribution >= 4 is 40.6 Å². The Balaban J connectivity index is 1.27. The fourth-order valence-electron chi connectivity index (χ4n) is 3.97. The molecule has 1 saturated heterocycles. The maximum absolute atomic E-state index is 12.6. The van der Waals surface area contributed by atoms with E-state index in [0.29, 0.717) is 22.5 Å². The van der Waals surface area contributed by atoms with Crippen LogP contribution in [-0.2, 0) is 11.3 Å². The van der Waals surface area contributed by atoms with E-state index in [0.717, 1.165) is 30.1 Å². The molecule has 3 heterocycles. The third kappa shape index (κ3) is 5.29. The number of aromatic nitrogens is 3. The largest absolute Gasteiger partial charge is 0.467 e. The molecule has 1 aliphatic heterocycles. The molecular weight excluding hydrogens is 470 g/mol. The minimum atomic E-state index is -0.0977. The monoisotopic (exact) mass is 493 g/mol. The quantitative estimate of drug-likeness (QED) is 0.323. The van der Waals surface area contributed by atoms with Crippen LogP contribution in [0.5, 0.6) is 0 Å². The summed E-state index contributed by atoms with van der Waals surface area (Å²) in [5.41, 5.74) is 2.87. The molecule has 0 radical (unpaired) electrons.